The lowest BCUT2D eigenvalue weighted by atomic mass is 9.94. The van der Waals surface area contributed by atoms with Crippen molar-refractivity contribution >= 4 is 17.5 Å². The van der Waals surface area contributed by atoms with Gasteiger partial charge in [0.05, 0.1) is 12.0 Å². The summed E-state index contributed by atoms with van der Waals surface area (Å²) in [6.07, 6.45) is 3.82. The molecular weight excluding hydrogens is 418 g/mol. The number of hydrogen-bond donors (Lipinski definition) is 3. The Morgan fingerprint density at radius 3 is 2.58 bits per heavy atom. The summed E-state index contributed by atoms with van der Waals surface area (Å²) in [6.45, 7) is 3.20. The summed E-state index contributed by atoms with van der Waals surface area (Å²) in [5.41, 5.74) is 8.06. The molecule has 4 N–H and O–H groups in total. The molecule has 8 heteroatoms. The SMILES string of the molecule is COC(C(C)C(=O)NC(Cc1ccccn1)C(=O)NCc1ccc(N)cc1)C1CCCN1C. The maximum absolute atomic E-state index is 13.2. The molecule has 2 heterocycles. The molecule has 33 heavy (non-hydrogen) atoms. The number of rotatable bonds is 10. The Balaban J connectivity index is 1.69. The van der Waals surface area contributed by atoms with Crippen LogP contribution in [0.2, 0.25) is 0 Å². The van der Waals surface area contributed by atoms with Crippen LogP contribution in [0.25, 0.3) is 0 Å². The molecule has 1 aromatic carbocycles. The maximum Gasteiger partial charge on any atom is 0.243 e. The summed E-state index contributed by atoms with van der Waals surface area (Å²) in [5, 5.41) is 5.88. The number of carbonyl (C=O) groups excluding carboxylic acids is 2. The van der Waals surface area contributed by atoms with E-state index in [1.807, 2.05) is 37.3 Å². The number of pyridine rings is 1. The molecule has 4 unspecified atom stereocenters. The number of hydrogen-bond acceptors (Lipinski definition) is 6. The maximum atomic E-state index is 13.2. The molecular formula is C25H35N5O3. The first kappa shape index (κ1) is 24.7. The molecule has 4 atom stereocenters. The lowest BCUT2D eigenvalue weighted by molar-refractivity contribution is -0.135. The number of amides is 2. The summed E-state index contributed by atoms with van der Waals surface area (Å²) >= 11 is 0. The van der Waals surface area contributed by atoms with Gasteiger partial charge in [0.25, 0.3) is 0 Å². The lowest BCUT2D eigenvalue weighted by Gasteiger charge is -2.32. The van der Waals surface area contributed by atoms with Gasteiger partial charge in [0.1, 0.15) is 6.04 Å². The van der Waals surface area contributed by atoms with E-state index in [1.54, 1.807) is 25.4 Å². The molecule has 0 saturated carbocycles. The third-order valence-corrected chi connectivity index (χ3v) is 6.35. The van der Waals surface area contributed by atoms with Gasteiger partial charge < -0.3 is 26.0 Å². The molecule has 8 nitrogen and oxygen atoms in total. The molecule has 1 saturated heterocycles. The molecule has 1 fully saturated rings. The zero-order valence-corrected chi connectivity index (χ0v) is 19.7. The first-order chi connectivity index (χ1) is 15.9. The van der Waals surface area contributed by atoms with E-state index < -0.39 is 12.0 Å². The number of aromatic nitrogens is 1. The highest BCUT2D eigenvalue weighted by Gasteiger charge is 2.37. The number of likely N-dealkylation sites (tertiary alicyclic amines) is 1. The quantitative estimate of drug-likeness (QED) is 0.473. The summed E-state index contributed by atoms with van der Waals surface area (Å²) < 4.78 is 5.74. The van der Waals surface area contributed by atoms with Gasteiger partial charge in [-0.15, -0.1) is 0 Å². The minimum atomic E-state index is -0.748. The fourth-order valence-electron chi connectivity index (χ4n) is 4.38. The zero-order valence-electron chi connectivity index (χ0n) is 19.7. The van der Waals surface area contributed by atoms with Crippen LogP contribution in [0.5, 0.6) is 0 Å². The first-order valence-electron chi connectivity index (χ1n) is 11.4. The molecule has 2 amide bonds. The van der Waals surface area contributed by atoms with Crippen LogP contribution in [0.1, 0.15) is 31.0 Å². The fraction of sp³-hybridized carbons (Fsp3) is 0.480. The average Bonchev–Trinajstić information content (AvgIpc) is 3.24. The van der Waals surface area contributed by atoms with E-state index in [9.17, 15) is 9.59 Å². The van der Waals surface area contributed by atoms with Gasteiger partial charge in [0.2, 0.25) is 11.8 Å². The Bertz CT molecular complexity index is 906. The van der Waals surface area contributed by atoms with E-state index in [1.165, 1.54) is 0 Å². The van der Waals surface area contributed by atoms with Gasteiger partial charge in [-0.1, -0.05) is 25.1 Å². The largest absolute Gasteiger partial charge is 0.399 e. The third kappa shape index (κ3) is 6.76. The van der Waals surface area contributed by atoms with E-state index in [4.69, 9.17) is 10.5 Å². The van der Waals surface area contributed by atoms with Crippen LogP contribution in [0.4, 0.5) is 5.69 Å². The number of benzene rings is 1. The number of methoxy groups -OCH3 is 1. The predicted octanol–water partition coefficient (Wildman–Crippen LogP) is 1.75. The van der Waals surface area contributed by atoms with Gasteiger partial charge in [0, 0.05) is 43.7 Å². The number of nitrogens with one attached hydrogen (secondary N) is 2. The Kier molecular flexibility index (Phi) is 8.79. The number of anilines is 1. The minimum Gasteiger partial charge on any atom is -0.399 e. The number of carbonyl (C=O) groups is 2. The van der Waals surface area contributed by atoms with Crippen LogP contribution >= 0.6 is 0 Å². The highest BCUT2D eigenvalue weighted by Crippen LogP contribution is 2.25. The molecule has 0 radical (unpaired) electrons. The van der Waals surface area contributed by atoms with Gasteiger partial charge in [0.15, 0.2) is 0 Å². The van der Waals surface area contributed by atoms with Crippen molar-refractivity contribution in [1.82, 2.24) is 20.5 Å². The monoisotopic (exact) mass is 453 g/mol. The van der Waals surface area contributed by atoms with Crippen molar-refractivity contribution in [2.45, 2.75) is 50.9 Å². The summed E-state index contributed by atoms with van der Waals surface area (Å²) in [5.74, 6) is -0.868. The average molecular weight is 454 g/mol. The highest BCUT2D eigenvalue weighted by atomic mass is 16.5. The molecule has 0 spiro atoms. The van der Waals surface area contributed by atoms with Gasteiger partial charge >= 0.3 is 0 Å². The number of nitrogens with zero attached hydrogens (tertiary/aromatic N) is 2. The summed E-state index contributed by atoms with van der Waals surface area (Å²) in [6, 6.07) is 12.3. The molecule has 0 bridgehead atoms. The molecule has 3 rings (SSSR count). The highest BCUT2D eigenvalue weighted by molar-refractivity contribution is 5.88. The van der Waals surface area contributed by atoms with Crippen molar-refractivity contribution < 1.29 is 14.3 Å². The smallest absolute Gasteiger partial charge is 0.243 e. The first-order valence-corrected chi connectivity index (χ1v) is 11.4. The van der Waals surface area contributed by atoms with Crippen LogP contribution in [0, 0.1) is 5.92 Å². The van der Waals surface area contributed by atoms with E-state index in [0.29, 0.717) is 18.7 Å². The molecule has 2 aromatic rings. The second-order valence-electron chi connectivity index (χ2n) is 8.72. The third-order valence-electron chi connectivity index (χ3n) is 6.35. The van der Waals surface area contributed by atoms with E-state index >= 15 is 0 Å². The Hall–Kier alpha value is -2.97. The van der Waals surface area contributed by atoms with Crippen LogP contribution in [-0.4, -0.2) is 60.6 Å². The standard InChI is InChI=1S/C25H35N5O3/c1-17(23(33-3)22-8-6-14-30(22)2)24(31)29-21(15-20-7-4-5-13-27-20)25(32)28-16-18-9-11-19(26)12-10-18/h4-5,7,9-13,17,21-23H,6,8,14-16,26H2,1-3H3,(H,28,32)(H,29,31). The normalized spacial score (nSPS) is 18.9. The minimum absolute atomic E-state index is 0.185. The Labute approximate surface area is 195 Å². The van der Waals surface area contributed by atoms with Crippen molar-refractivity contribution in [3.63, 3.8) is 0 Å². The second-order valence-corrected chi connectivity index (χ2v) is 8.72. The summed E-state index contributed by atoms with van der Waals surface area (Å²) in [4.78, 5) is 32.8. The molecule has 178 valence electrons. The van der Waals surface area contributed by atoms with Crippen molar-refractivity contribution in [3.05, 3.63) is 59.9 Å². The Morgan fingerprint density at radius 1 is 1.21 bits per heavy atom. The fourth-order valence-corrected chi connectivity index (χ4v) is 4.38. The number of likely N-dealkylation sites (N-methyl/N-ethyl adjacent to an activating group) is 1. The number of nitrogen functional groups attached to an aromatic ring is 1. The van der Waals surface area contributed by atoms with Gasteiger partial charge in [-0.3, -0.25) is 14.6 Å². The molecule has 0 aliphatic carbocycles. The molecule has 1 aromatic heterocycles. The predicted molar refractivity (Wildman–Crippen MR) is 128 cm³/mol. The zero-order chi connectivity index (χ0) is 23.8. The van der Waals surface area contributed by atoms with Gasteiger partial charge in [-0.25, -0.2) is 0 Å². The Morgan fingerprint density at radius 2 is 1.97 bits per heavy atom. The second kappa shape index (κ2) is 11.8. The van der Waals surface area contributed by atoms with Crippen LogP contribution in [0.3, 0.4) is 0 Å². The topological polar surface area (TPSA) is 110 Å². The number of nitrogens with two attached hydrogens (primary N) is 1. The van der Waals surface area contributed by atoms with Crippen LogP contribution in [-0.2, 0) is 27.3 Å². The van der Waals surface area contributed by atoms with Gasteiger partial charge in [-0.05, 0) is 56.3 Å². The van der Waals surface area contributed by atoms with E-state index in [0.717, 1.165) is 30.6 Å². The number of ether oxygens (including phenoxy) is 1. The van der Waals surface area contributed by atoms with E-state index in [-0.39, 0.29) is 24.0 Å². The van der Waals surface area contributed by atoms with Crippen molar-refractivity contribution in [1.29, 1.82) is 0 Å². The van der Waals surface area contributed by atoms with Crippen LogP contribution in [0.15, 0.2) is 48.7 Å². The van der Waals surface area contributed by atoms with Crippen molar-refractivity contribution in [2.24, 2.45) is 5.92 Å². The van der Waals surface area contributed by atoms with Crippen molar-refractivity contribution in [2.75, 3.05) is 26.4 Å². The molecule has 1 aliphatic heterocycles. The van der Waals surface area contributed by atoms with E-state index in [2.05, 4.69) is 27.6 Å². The molecule has 1 aliphatic rings. The van der Waals surface area contributed by atoms with Crippen molar-refractivity contribution in [3.8, 4) is 0 Å². The summed E-state index contributed by atoms with van der Waals surface area (Å²) in [7, 11) is 3.70. The van der Waals surface area contributed by atoms with Crippen LogP contribution < -0.4 is 16.4 Å². The lowest BCUT2D eigenvalue weighted by Crippen LogP contribution is -2.53. The van der Waals surface area contributed by atoms with Gasteiger partial charge in [-0.2, -0.15) is 0 Å².